The minimum absolute atomic E-state index is 0.0565. The molecule has 3 heterocycles. The second-order valence-electron chi connectivity index (χ2n) is 10.3. The molecule has 0 saturated carbocycles. The summed E-state index contributed by atoms with van der Waals surface area (Å²) in [5.41, 5.74) is 8.24. The summed E-state index contributed by atoms with van der Waals surface area (Å²) >= 11 is 1.92. The Morgan fingerprint density at radius 1 is 1.00 bits per heavy atom. The molecule has 1 aliphatic heterocycles. The van der Waals surface area contributed by atoms with Gasteiger partial charge < -0.3 is 19.7 Å². The van der Waals surface area contributed by atoms with Gasteiger partial charge in [-0.25, -0.2) is 4.79 Å². The molecule has 1 atom stereocenters. The molecule has 0 spiro atoms. The minimum atomic E-state index is -0.196. The fourth-order valence-corrected chi connectivity index (χ4v) is 7.23. The van der Waals surface area contributed by atoms with Gasteiger partial charge in [0.15, 0.2) is 0 Å². The van der Waals surface area contributed by atoms with Crippen LogP contribution in [0.5, 0.6) is 0 Å². The number of nitrogens with one attached hydrogen (secondary N) is 1. The van der Waals surface area contributed by atoms with Crippen molar-refractivity contribution < 1.29 is 4.79 Å². The predicted molar refractivity (Wildman–Crippen MR) is 153 cm³/mol. The van der Waals surface area contributed by atoms with Crippen LogP contribution in [0.3, 0.4) is 0 Å². The van der Waals surface area contributed by atoms with Crippen molar-refractivity contribution in [1.29, 1.82) is 0 Å². The van der Waals surface area contributed by atoms with Gasteiger partial charge in [0.2, 0.25) is 0 Å². The summed E-state index contributed by atoms with van der Waals surface area (Å²) in [5.74, 6) is 0. The average Bonchev–Trinajstić information content (AvgIpc) is 3.51. The number of hydrogen-bond acceptors (Lipinski definition) is 3. The Labute approximate surface area is 223 Å². The lowest BCUT2D eigenvalue weighted by atomic mass is 9.95. The number of nitrogens with zero attached hydrogens (tertiary/aromatic N) is 3. The van der Waals surface area contributed by atoms with Crippen LogP contribution in [0.4, 0.5) is 16.2 Å². The Morgan fingerprint density at radius 3 is 2.57 bits per heavy atom. The molecule has 0 saturated heterocycles. The third-order valence-electron chi connectivity index (χ3n) is 7.80. The molecule has 2 amide bonds. The number of anilines is 2. The Kier molecular flexibility index (Phi) is 6.29. The van der Waals surface area contributed by atoms with Crippen LogP contribution in [0.25, 0.3) is 5.00 Å². The summed E-state index contributed by atoms with van der Waals surface area (Å²) in [7, 11) is 4.11. The van der Waals surface area contributed by atoms with Crippen LogP contribution in [0.15, 0.2) is 66.9 Å². The van der Waals surface area contributed by atoms with E-state index >= 15 is 0 Å². The summed E-state index contributed by atoms with van der Waals surface area (Å²) in [4.78, 5) is 19.8. The monoisotopic (exact) mass is 510 g/mol. The van der Waals surface area contributed by atoms with Crippen molar-refractivity contribution in [3.63, 3.8) is 0 Å². The van der Waals surface area contributed by atoms with Gasteiger partial charge in [0, 0.05) is 42.1 Å². The quantitative estimate of drug-likeness (QED) is 0.316. The minimum Gasteiger partial charge on any atom is -0.378 e. The maximum Gasteiger partial charge on any atom is 0.322 e. The van der Waals surface area contributed by atoms with Crippen molar-refractivity contribution in [2.75, 3.05) is 24.3 Å². The molecule has 0 radical (unpaired) electrons. The SMILES string of the molecule is CCc1ccccc1NC(=O)N1Cc2c(sc3c2CCCC3)-n2cccc2C1c1ccc(N(C)C)cc1. The van der Waals surface area contributed by atoms with Crippen molar-refractivity contribution in [3.05, 3.63) is 99.7 Å². The maximum atomic E-state index is 14.2. The molecule has 2 aromatic heterocycles. The lowest BCUT2D eigenvalue weighted by molar-refractivity contribution is 0.194. The lowest BCUT2D eigenvalue weighted by Gasteiger charge is -2.32. The Bertz CT molecular complexity index is 1430. The summed E-state index contributed by atoms with van der Waals surface area (Å²) < 4.78 is 2.34. The highest BCUT2D eigenvalue weighted by atomic mass is 32.1. The van der Waals surface area contributed by atoms with Crippen LogP contribution in [0, 0.1) is 0 Å². The number of fused-ring (bicyclic) bond motifs is 5. The van der Waals surface area contributed by atoms with E-state index in [1.54, 1.807) is 0 Å². The third-order valence-corrected chi connectivity index (χ3v) is 9.14. The Morgan fingerprint density at radius 2 is 1.78 bits per heavy atom. The molecule has 0 bridgehead atoms. The number of aromatic nitrogens is 1. The van der Waals surface area contributed by atoms with Crippen molar-refractivity contribution in [2.24, 2.45) is 0 Å². The van der Waals surface area contributed by atoms with Crippen molar-refractivity contribution in [2.45, 2.75) is 51.6 Å². The number of amides is 2. The van der Waals surface area contributed by atoms with Crippen LogP contribution in [-0.2, 0) is 25.8 Å². The average molecular weight is 511 g/mol. The van der Waals surface area contributed by atoms with Gasteiger partial charge in [-0.15, -0.1) is 11.3 Å². The molecule has 1 N–H and O–H groups in total. The molecule has 1 aliphatic carbocycles. The number of thiophene rings is 1. The van der Waals surface area contributed by atoms with Crippen molar-refractivity contribution in [1.82, 2.24) is 9.47 Å². The van der Waals surface area contributed by atoms with Crippen LogP contribution >= 0.6 is 11.3 Å². The van der Waals surface area contributed by atoms with Gasteiger partial charge in [0.1, 0.15) is 5.00 Å². The van der Waals surface area contributed by atoms with E-state index < -0.39 is 0 Å². The Balaban J connectivity index is 1.48. The van der Waals surface area contributed by atoms with Gasteiger partial charge in [-0.2, -0.15) is 0 Å². The lowest BCUT2D eigenvalue weighted by Crippen LogP contribution is -2.38. The molecule has 1 unspecified atom stereocenters. The first-order valence-corrected chi connectivity index (χ1v) is 14.1. The van der Waals surface area contributed by atoms with E-state index in [9.17, 15) is 4.79 Å². The summed E-state index contributed by atoms with van der Waals surface area (Å²) in [6, 6.07) is 20.8. The van der Waals surface area contributed by atoms with Gasteiger partial charge in [-0.05, 0) is 79.1 Å². The van der Waals surface area contributed by atoms with Crippen LogP contribution in [-0.4, -0.2) is 29.6 Å². The van der Waals surface area contributed by atoms with E-state index in [1.807, 2.05) is 29.5 Å². The number of carbonyl (C=O) groups is 1. The molecular weight excluding hydrogens is 476 g/mol. The van der Waals surface area contributed by atoms with Gasteiger partial charge in [0.05, 0.1) is 18.3 Å². The molecule has 190 valence electrons. The summed E-state index contributed by atoms with van der Waals surface area (Å²) in [5, 5.41) is 4.57. The largest absolute Gasteiger partial charge is 0.378 e. The molecule has 4 aromatic rings. The fraction of sp³-hybridized carbons (Fsp3) is 0.323. The van der Waals surface area contributed by atoms with E-state index in [0.717, 1.165) is 47.5 Å². The first kappa shape index (κ1) is 23.9. The fourth-order valence-electron chi connectivity index (χ4n) is 5.83. The summed E-state index contributed by atoms with van der Waals surface area (Å²) in [6.07, 6.45) is 7.77. The van der Waals surface area contributed by atoms with Crippen molar-refractivity contribution in [3.8, 4) is 5.00 Å². The first-order valence-electron chi connectivity index (χ1n) is 13.3. The number of para-hydroxylation sites is 1. The number of benzene rings is 2. The Hall–Kier alpha value is -3.51. The van der Waals surface area contributed by atoms with Crippen molar-refractivity contribution >= 4 is 28.7 Å². The first-order chi connectivity index (χ1) is 18.0. The van der Waals surface area contributed by atoms with E-state index in [-0.39, 0.29) is 12.1 Å². The van der Waals surface area contributed by atoms with E-state index in [4.69, 9.17) is 0 Å². The number of hydrogen-bond donors (Lipinski definition) is 1. The van der Waals surface area contributed by atoms with E-state index in [2.05, 4.69) is 89.4 Å². The van der Waals surface area contributed by atoms with Gasteiger partial charge in [-0.1, -0.05) is 37.3 Å². The van der Waals surface area contributed by atoms with Crippen LogP contribution in [0.2, 0.25) is 0 Å². The number of carbonyl (C=O) groups excluding carboxylic acids is 1. The highest BCUT2D eigenvalue weighted by Gasteiger charge is 2.36. The highest BCUT2D eigenvalue weighted by molar-refractivity contribution is 7.15. The molecule has 37 heavy (non-hydrogen) atoms. The normalized spacial score (nSPS) is 16.4. The molecule has 6 heteroatoms. The predicted octanol–water partition coefficient (Wildman–Crippen LogP) is 7.18. The van der Waals surface area contributed by atoms with E-state index in [0.29, 0.717) is 6.54 Å². The smallest absolute Gasteiger partial charge is 0.322 e. The van der Waals surface area contributed by atoms with Gasteiger partial charge >= 0.3 is 6.03 Å². The number of rotatable bonds is 4. The zero-order valence-electron chi connectivity index (χ0n) is 21.8. The standard InChI is InChI=1S/C31H34N4OS/c1-4-21-10-5-7-12-26(21)32-31(36)35-20-25-24-11-6-8-14-28(24)37-30(25)34-19-9-13-27(34)29(35)22-15-17-23(18-16-22)33(2)3/h5,7,9-10,12-13,15-19,29H,4,6,8,11,14,20H2,1-3H3,(H,32,36). The van der Waals surface area contributed by atoms with E-state index in [1.165, 1.54) is 33.8 Å². The maximum absolute atomic E-state index is 14.2. The zero-order chi connectivity index (χ0) is 25.5. The third kappa shape index (κ3) is 4.23. The zero-order valence-corrected chi connectivity index (χ0v) is 22.6. The topological polar surface area (TPSA) is 40.5 Å². The highest BCUT2D eigenvalue weighted by Crippen LogP contribution is 2.44. The van der Waals surface area contributed by atoms with Gasteiger partial charge in [-0.3, -0.25) is 0 Å². The van der Waals surface area contributed by atoms with Crippen LogP contribution < -0.4 is 10.2 Å². The molecule has 2 aromatic carbocycles. The molecule has 2 aliphatic rings. The van der Waals surface area contributed by atoms with Gasteiger partial charge in [0.25, 0.3) is 0 Å². The molecule has 0 fully saturated rings. The second kappa shape index (κ2) is 9.75. The molecule has 6 rings (SSSR count). The molecular formula is C31H34N4OS. The molecule has 5 nitrogen and oxygen atoms in total. The number of urea groups is 1. The number of aryl methyl sites for hydroxylation is 2. The second-order valence-corrected chi connectivity index (χ2v) is 11.3. The summed E-state index contributed by atoms with van der Waals surface area (Å²) in [6.45, 7) is 2.73. The van der Waals surface area contributed by atoms with Crippen LogP contribution in [0.1, 0.15) is 58.6 Å².